The molecule has 15 aromatic rings. The molecule has 0 aliphatic rings. The van der Waals surface area contributed by atoms with Gasteiger partial charge in [-0.2, -0.15) is 15.3 Å². The molecular weight excluding hydrogens is 1460 g/mol. The predicted octanol–water partition coefficient (Wildman–Crippen LogP) is 14.1. The summed E-state index contributed by atoms with van der Waals surface area (Å²) < 4.78 is 83.0. The van der Waals surface area contributed by atoms with Gasteiger partial charge in [-0.3, -0.25) is 29.3 Å². The molecule has 0 spiro atoms. The van der Waals surface area contributed by atoms with E-state index in [1.807, 2.05) is 222 Å². The van der Waals surface area contributed by atoms with Gasteiger partial charge in [-0.15, -0.1) is 0 Å². The maximum Gasteiger partial charge on any atom is 0.265 e. The summed E-state index contributed by atoms with van der Waals surface area (Å²) in [5.74, 6) is -1.35. The lowest BCUT2D eigenvalue weighted by molar-refractivity contribution is -0.118. The first-order valence-electron chi connectivity index (χ1n) is 33.7. The number of nitrogens with one attached hydrogen (secondary N) is 5. The van der Waals surface area contributed by atoms with Crippen molar-refractivity contribution in [2.45, 2.75) is 55.1 Å². The minimum absolute atomic E-state index is 0.0572. The van der Waals surface area contributed by atoms with Crippen molar-refractivity contribution in [3.05, 3.63) is 309 Å². The summed E-state index contributed by atoms with van der Waals surface area (Å²) in [6.07, 6.45) is 13.9. The molecule has 2 amide bonds. The van der Waals surface area contributed by atoms with Crippen LogP contribution in [0.2, 0.25) is 0 Å². The Labute approximate surface area is 633 Å². The number of aromatic nitrogens is 9. The molecule has 0 radical (unpaired) electrons. The molecule has 109 heavy (non-hydrogen) atoms. The first kappa shape index (κ1) is 75.6. The Balaban J connectivity index is 0.000000149. The number of amides is 2. The van der Waals surface area contributed by atoms with Gasteiger partial charge in [-0.25, -0.2) is 53.4 Å². The largest absolute Gasteiger partial charge is 0.379 e. The second-order valence-electron chi connectivity index (χ2n) is 24.6. The van der Waals surface area contributed by atoms with Crippen molar-refractivity contribution < 1.29 is 39.6 Å². The van der Waals surface area contributed by atoms with Crippen LogP contribution >= 0.6 is 11.6 Å². The van der Waals surface area contributed by atoms with Crippen LogP contribution in [0.1, 0.15) is 37.5 Å². The number of carbonyl (C=O) groups excluding carboxylic acids is 3. The van der Waals surface area contributed by atoms with E-state index in [-0.39, 0.29) is 19.9 Å². The highest BCUT2D eigenvalue weighted by Gasteiger charge is 2.23. The lowest BCUT2D eigenvalue weighted by atomic mass is 10.1. The van der Waals surface area contributed by atoms with Gasteiger partial charge in [0.1, 0.15) is 14.7 Å². The molecule has 0 fully saturated rings. The summed E-state index contributed by atoms with van der Waals surface area (Å²) in [7, 11) is -11.9. The quantitative estimate of drug-likeness (QED) is 0.0386. The number of halogens is 1. The number of benzene rings is 6. The maximum atomic E-state index is 12.5. The predicted molar refractivity (Wildman–Crippen MR) is 423 cm³/mol. The fourth-order valence-corrected chi connectivity index (χ4v) is 14.2. The SMILES string of the molecule is CC(=O)Cl.CC(=O)NS(=O)(=O)c1cncc(-c2cc(NCc3ccccc3)c3c(-c4ccccc4)ccn3n2)c1.CC(=O)NS(=O)(=O)c1cncc(-c2cc(NCc3ccccc3)c3c(-c4ccccc4)ccn3n2)c1.NS(=O)(=O)c1cncc(-c2cc(NCc3ccccc3)c3c(-c4ccccc4)ccn3n2)c1. The van der Waals surface area contributed by atoms with E-state index in [0.717, 1.165) is 97.5 Å². The summed E-state index contributed by atoms with van der Waals surface area (Å²) in [6.45, 7) is 5.39. The Bertz CT molecular complexity index is 5870. The van der Waals surface area contributed by atoms with E-state index in [0.29, 0.717) is 53.4 Å². The van der Waals surface area contributed by atoms with Gasteiger partial charge in [0.15, 0.2) is 0 Å². The number of hydrogen-bond acceptors (Lipinski definition) is 18. The smallest absolute Gasteiger partial charge is 0.265 e. The van der Waals surface area contributed by atoms with E-state index in [1.165, 1.54) is 43.7 Å². The first-order chi connectivity index (χ1) is 52.5. The van der Waals surface area contributed by atoms with Gasteiger partial charge in [0, 0.05) is 130 Å². The second-order valence-corrected chi connectivity index (χ2v) is 30.0. The minimum atomic E-state index is -4.03. The fourth-order valence-electron chi connectivity index (χ4n) is 11.8. The maximum absolute atomic E-state index is 12.5. The zero-order chi connectivity index (χ0) is 76.7. The molecule has 0 aliphatic heterocycles. The Morgan fingerprint density at radius 2 is 0.615 bits per heavy atom. The third-order valence-electron chi connectivity index (χ3n) is 16.6. The number of pyridine rings is 3. The van der Waals surface area contributed by atoms with Crippen LogP contribution in [0.4, 0.5) is 17.1 Å². The number of primary sulfonamides is 1. The first-order valence-corrected chi connectivity index (χ1v) is 38.6. The van der Waals surface area contributed by atoms with Crippen LogP contribution in [0.3, 0.4) is 0 Å². The average Bonchev–Trinajstić information content (AvgIpc) is 1.70. The van der Waals surface area contributed by atoms with Crippen molar-refractivity contribution in [3.8, 4) is 67.2 Å². The van der Waals surface area contributed by atoms with Crippen LogP contribution in [-0.2, 0) is 64.1 Å². The number of rotatable bonds is 20. The van der Waals surface area contributed by atoms with Crippen molar-refractivity contribution >= 4 is 92.3 Å². The molecule has 0 atom stereocenters. The van der Waals surface area contributed by atoms with E-state index < -0.39 is 41.9 Å². The minimum Gasteiger partial charge on any atom is -0.379 e. The Morgan fingerprint density at radius 3 is 0.881 bits per heavy atom. The Hall–Kier alpha value is -13.1. The van der Waals surface area contributed by atoms with Gasteiger partial charge in [-0.05, 0) is 99.6 Å². The van der Waals surface area contributed by atoms with Crippen LogP contribution in [-0.4, -0.2) is 86.1 Å². The number of hydrogen-bond donors (Lipinski definition) is 6. The zero-order valence-corrected chi connectivity index (χ0v) is 61.9. The normalized spacial score (nSPS) is 11.2. The van der Waals surface area contributed by atoms with E-state index in [9.17, 15) is 39.6 Å². The third-order valence-corrected chi connectivity index (χ3v) is 20.3. The van der Waals surface area contributed by atoms with Crippen molar-refractivity contribution in [2.24, 2.45) is 5.14 Å². The third kappa shape index (κ3) is 19.2. The molecule has 0 unspecified atom stereocenters. The molecule has 7 N–H and O–H groups in total. The van der Waals surface area contributed by atoms with Crippen molar-refractivity contribution in [3.63, 3.8) is 0 Å². The van der Waals surface area contributed by atoms with Crippen LogP contribution in [0.25, 0.3) is 83.7 Å². The average molecular weight is 1530 g/mol. The van der Waals surface area contributed by atoms with Gasteiger partial charge in [0.2, 0.25) is 27.1 Å². The number of nitrogens with two attached hydrogens (primary N) is 1. The van der Waals surface area contributed by atoms with Crippen molar-refractivity contribution in [1.29, 1.82) is 0 Å². The number of anilines is 3. The molecule has 0 saturated carbocycles. The summed E-state index contributed by atoms with van der Waals surface area (Å²) >= 11 is 4.64. The van der Waals surface area contributed by atoms with Gasteiger partial charge in [0.05, 0.1) is 50.7 Å². The molecule has 0 saturated heterocycles. The molecule has 9 aromatic heterocycles. The lowest BCUT2D eigenvalue weighted by Crippen LogP contribution is -2.28. The zero-order valence-electron chi connectivity index (χ0n) is 58.7. The van der Waals surface area contributed by atoms with Crippen LogP contribution < -0.4 is 30.5 Å². The number of sulfonamides is 3. The molecule has 15 rings (SSSR count). The fraction of sp³-hybridized carbons (Fsp3) is 0.0741. The number of nitrogens with zero attached hydrogens (tertiary/aromatic N) is 9. The van der Waals surface area contributed by atoms with Gasteiger partial charge < -0.3 is 16.0 Å². The monoisotopic (exact) mass is 1530 g/mol. The molecule has 9 heterocycles. The molecule has 24 nitrogen and oxygen atoms in total. The standard InChI is InChI=1S/2C27H23N5O3S.C25H21N5O2S.C2H3ClO/c2*1-19(33)31-36(34,35)23-14-22(17-28-18-23)25-15-26(29-16-20-8-4-2-5-9-20)27-24(12-13-32(27)30-25)21-10-6-3-7-11-21;26-33(31,32)21-13-20(16-27-17-21)23-14-24(28-15-18-7-3-1-4-8-18)25-22(11-12-30(25)29-23)19-9-5-2-6-10-19;1-2(3)4/h2*2-15,17-18,29H,16H2,1H3,(H,31,33);1-14,16-17,28H,15H2,(H2,26,31,32);1H3. The second kappa shape index (κ2) is 34.0. The number of carbonyl (C=O) groups is 3. The van der Waals surface area contributed by atoms with E-state index in [2.05, 4.69) is 66.8 Å². The molecule has 6 aromatic carbocycles. The summed E-state index contributed by atoms with van der Waals surface area (Å²) in [5, 5.41) is 29.7. The molecule has 28 heteroatoms. The van der Waals surface area contributed by atoms with Gasteiger partial charge in [-0.1, -0.05) is 182 Å². The van der Waals surface area contributed by atoms with Crippen LogP contribution in [0.5, 0.6) is 0 Å². The molecule has 548 valence electrons. The summed E-state index contributed by atoms with van der Waals surface area (Å²) in [5.41, 5.74) is 18.1. The highest BCUT2D eigenvalue weighted by molar-refractivity contribution is 7.90. The summed E-state index contributed by atoms with van der Waals surface area (Å²) in [6, 6.07) is 76.5. The Kier molecular flexibility index (Phi) is 23.6. The van der Waals surface area contributed by atoms with Crippen molar-refractivity contribution in [1.82, 2.24) is 53.2 Å². The Morgan fingerprint density at radius 1 is 0.358 bits per heavy atom. The van der Waals surface area contributed by atoms with Crippen molar-refractivity contribution in [2.75, 3.05) is 16.0 Å². The van der Waals surface area contributed by atoms with E-state index >= 15 is 0 Å². The highest BCUT2D eigenvalue weighted by Crippen LogP contribution is 2.38. The molecule has 0 bridgehead atoms. The number of fused-ring (bicyclic) bond motifs is 3. The van der Waals surface area contributed by atoms with Gasteiger partial charge >= 0.3 is 0 Å². The van der Waals surface area contributed by atoms with Crippen LogP contribution in [0, 0.1) is 0 Å². The molecule has 0 aliphatic carbocycles. The van der Waals surface area contributed by atoms with Crippen LogP contribution in [0.15, 0.2) is 307 Å². The molecular formula is C81H70ClN15O9S3. The topological polar surface area (TPSA) is 330 Å². The summed E-state index contributed by atoms with van der Waals surface area (Å²) in [4.78, 5) is 43.9. The van der Waals surface area contributed by atoms with E-state index in [1.54, 1.807) is 32.1 Å². The van der Waals surface area contributed by atoms with Gasteiger partial charge in [0.25, 0.3) is 20.0 Å². The lowest BCUT2D eigenvalue weighted by Gasteiger charge is -2.13. The van der Waals surface area contributed by atoms with E-state index in [4.69, 9.17) is 20.4 Å². The highest BCUT2D eigenvalue weighted by atomic mass is 35.5.